The lowest BCUT2D eigenvalue weighted by Gasteiger charge is -2.12. The molecule has 0 unspecified atom stereocenters. The number of hydrogen-bond donors (Lipinski definition) is 2. The molecule has 8 nitrogen and oxygen atoms in total. The van der Waals surface area contributed by atoms with Crippen LogP contribution in [0, 0.1) is 13.8 Å². The van der Waals surface area contributed by atoms with E-state index in [1.54, 1.807) is 28.2 Å². The summed E-state index contributed by atoms with van der Waals surface area (Å²) in [5, 5.41) is 10.9. The summed E-state index contributed by atoms with van der Waals surface area (Å²) in [7, 11) is 0. The average Bonchev–Trinajstić information content (AvgIpc) is 3.20. The Hall–Kier alpha value is -3.07. The van der Waals surface area contributed by atoms with Gasteiger partial charge in [0.15, 0.2) is 5.65 Å². The first-order valence-electron chi connectivity index (χ1n) is 8.72. The highest BCUT2D eigenvalue weighted by atomic mass is 32.1. The van der Waals surface area contributed by atoms with Crippen LogP contribution in [0.5, 0.6) is 0 Å². The van der Waals surface area contributed by atoms with Crippen molar-refractivity contribution in [2.45, 2.75) is 32.6 Å². The molecule has 1 aliphatic rings. The molecule has 27 heavy (non-hydrogen) atoms. The summed E-state index contributed by atoms with van der Waals surface area (Å²) in [5.41, 5.74) is 5.09. The summed E-state index contributed by atoms with van der Waals surface area (Å²) < 4.78 is 1.65. The number of rotatable bonds is 3. The molecule has 5 rings (SSSR count). The summed E-state index contributed by atoms with van der Waals surface area (Å²) in [6, 6.07) is 1.56. The molecule has 136 valence electrons. The minimum absolute atomic E-state index is 0.316. The minimum atomic E-state index is -0.316. The van der Waals surface area contributed by atoms with E-state index in [0.717, 1.165) is 50.7 Å². The van der Waals surface area contributed by atoms with Crippen molar-refractivity contribution < 1.29 is 4.79 Å². The Morgan fingerprint density at radius 3 is 2.93 bits per heavy atom. The molecule has 0 saturated heterocycles. The fraction of sp³-hybridized carbons (Fsp3) is 0.278. The number of carbonyl (C=O) groups is 1. The molecule has 9 heteroatoms. The van der Waals surface area contributed by atoms with E-state index in [1.807, 2.05) is 19.9 Å². The summed E-state index contributed by atoms with van der Waals surface area (Å²) in [6.07, 6.45) is 7.20. The molecule has 0 spiro atoms. The Balaban J connectivity index is 1.44. The van der Waals surface area contributed by atoms with Crippen LogP contribution in [0.3, 0.4) is 0 Å². The third-order valence-electron chi connectivity index (χ3n) is 4.62. The van der Waals surface area contributed by atoms with Crippen LogP contribution in [0.2, 0.25) is 0 Å². The van der Waals surface area contributed by atoms with Gasteiger partial charge in [0, 0.05) is 5.56 Å². The smallest absolute Gasteiger partial charge is 0.306 e. The molecule has 0 aliphatic heterocycles. The molecular formula is C18H17N7OS. The third-order valence-corrected chi connectivity index (χ3v) is 5.50. The summed E-state index contributed by atoms with van der Waals surface area (Å²) in [5.74, 6) is 0.445. The minimum Gasteiger partial charge on any atom is -0.306 e. The third kappa shape index (κ3) is 2.89. The van der Waals surface area contributed by atoms with Crippen molar-refractivity contribution in [3.8, 4) is 0 Å². The van der Waals surface area contributed by atoms with E-state index < -0.39 is 0 Å². The van der Waals surface area contributed by atoms with Crippen molar-refractivity contribution in [2.75, 3.05) is 10.6 Å². The maximum Gasteiger partial charge on any atom is 0.323 e. The molecule has 0 bridgehead atoms. The maximum absolute atomic E-state index is 12.6. The van der Waals surface area contributed by atoms with Gasteiger partial charge >= 0.3 is 6.03 Å². The fourth-order valence-electron chi connectivity index (χ4n) is 3.33. The zero-order valence-electron chi connectivity index (χ0n) is 14.9. The molecule has 2 amide bonds. The molecule has 4 aromatic heterocycles. The number of carbonyl (C=O) groups excluding carboxylic acids is 1. The van der Waals surface area contributed by atoms with E-state index in [1.165, 1.54) is 6.33 Å². The van der Waals surface area contributed by atoms with E-state index in [0.29, 0.717) is 11.6 Å². The topological polar surface area (TPSA) is 97.1 Å². The highest BCUT2D eigenvalue weighted by molar-refractivity contribution is 7.18. The Labute approximate surface area is 158 Å². The molecule has 4 aromatic rings. The van der Waals surface area contributed by atoms with Gasteiger partial charge < -0.3 is 10.6 Å². The van der Waals surface area contributed by atoms with E-state index in [-0.39, 0.29) is 6.03 Å². The lowest BCUT2D eigenvalue weighted by atomic mass is 10.1. The van der Waals surface area contributed by atoms with Gasteiger partial charge in [0.2, 0.25) is 0 Å². The molecule has 0 aromatic carbocycles. The summed E-state index contributed by atoms with van der Waals surface area (Å²) in [4.78, 5) is 26.8. The number of aryl methyl sites for hydroxylation is 2. The van der Waals surface area contributed by atoms with Gasteiger partial charge in [-0.2, -0.15) is 5.10 Å². The van der Waals surface area contributed by atoms with Gasteiger partial charge in [-0.25, -0.2) is 24.3 Å². The Morgan fingerprint density at radius 1 is 1.26 bits per heavy atom. The van der Waals surface area contributed by atoms with Crippen molar-refractivity contribution in [1.82, 2.24) is 24.6 Å². The van der Waals surface area contributed by atoms with Crippen LogP contribution >= 0.6 is 11.3 Å². The largest absolute Gasteiger partial charge is 0.323 e. The highest BCUT2D eigenvalue weighted by Crippen LogP contribution is 2.46. The van der Waals surface area contributed by atoms with Crippen molar-refractivity contribution in [3.63, 3.8) is 0 Å². The molecule has 2 N–H and O–H groups in total. The number of thiazole rings is 1. The van der Waals surface area contributed by atoms with E-state index in [9.17, 15) is 4.79 Å². The van der Waals surface area contributed by atoms with Crippen LogP contribution in [-0.4, -0.2) is 30.6 Å². The van der Waals surface area contributed by atoms with E-state index in [2.05, 4.69) is 30.7 Å². The number of fused-ring (bicyclic) bond motifs is 2. The second kappa shape index (κ2) is 5.98. The van der Waals surface area contributed by atoms with E-state index >= 15 is 0 Å². The first-order valence-corrected chi connectivity index (χ1v) is 9.54. The van der Waals surface area contributed by atoms with Crippen LogP contribution < -0.4 is 10.6 Å². The first kappa shape index (κ1) is 16.1. The Kier molecular flexibility index (Phi) is 3.57. The van der Waals surface area contributed by atoms with Crippen molar-refractivity contribution in [1.29, 1.82) is 0 Å². The highest BCUT2D eigenvalue weighted by Gasteiger charge is 2.30. The standard InChI is InChI=1S/C18H17N7OS/c1-9-5-12(7-25-16(9)20-8-21-25)23-18(26)24-13-6-19-17-15(22-10(2)27-17)14(13)11-3-4-11/h5-8,11H,3-4H2,1-2H3,(H2,23,24,26). The first-order chi connectivity index (χ1) is 13.1. The van der Waals surface area contributed by atoms with Crippen LogP contribution in [0.1, 0.15) is 34.9 Å². The van der Waals surface area contributed by atoms with Crippen molar-refractivity contribution in [3.05, 3.63) is 40.9 Å². The zero-order chi connectivity index (χ0) is 18.5. The van der Waals surface area contributed by atoms with Crippen LogP contribution in [0.25, 0.3) is 16.0 Å². The molecular weight excluding hydrogens is 362 g/mol. The van der Waals surface area contributed by atoms with Crippen LogP contribution in [-0.2, 0) is 0 Å². The summed E-state index contributed by atoms with van der Waals surface area (Å²) in [6.45, 7) is 3.91. The number of nitrogens with one attached hydrogen (secondary N) is 2. The summed E-state index contributed by atoms with van der Waals surface area (Å²) >= 11 is 1.58. The number of pyridine rings is 2. The number of nitrogens with zero attached hydrogens (tertiary/aromatic N) is 5. The molecule has 0 radical (unpaired) electrons. The number of urea groups is 1. The number of aromatic nitrogens is 5. The zero-order valence-corrected chi connectivity index (χ0v) is 15.7. The van der Waals surface area contributed by atoms with Crippen LogP contribution in [0.15, 0.2) is 24.8 Å². The number of hydrogen-bond acceptors (Lipinski definition) is 6. The van der Waals surface area contributed by atoms with Gasteiger partial charge in [-0.15, -0.1) is 0 Å². The average molecular weight is 379 g/mol. The van der Waals surface area contributed by atoms with Gasteiger partial charge in [0.1, 0.15) is 16.7 Å². The van der Waals surface area contributed by atoms with Crippen molar-refractivity contribution >= 4 is 44.7 Å². The molecule has 4 heterocycles. The predicted octanol–water partition coefficient (Wildman–Crippen LogP) is 3.87. The Bertz CT molecular complexity index is 1190. The van der Waals surface area contributed by atoms with Gasteiger partial charge in [-0.3, -0.25) is 0 Å². The quantitative estimate of drug-likeness (QED) is 0.563. The lowest BCUT2D eigenvalue weighted by Crippen LogP contribution is -2.21. The lowest BCUT2D eigenvalue weighted by molar-refractivity contribution is 0.262. The van der Waals surface area contributed by atoms with Gasteiger partial charge in [0.25, 0.3) is 0 Å². The predicted molar refractivity (Wildman–Crippen MR) is 104 cm³/mol. The van der Waals surface area contributed by atoms with Gasteiger partial charge in [-0.1, -0.05) is 11.3 Å². The molecule has 1 aliphatic carbocycles. The monoisotopic (exact) mass is 379 g/mol. The fourth-order valence-corrected chi connectivity index (χ4v) is 4.11. The number of amides is 2. The van der Waals surface area contributed by atoms with Gasteiger partial charge in [-0.05, 0) is 44.2 Å². The normalized spacial score (nSPS) is 14.0. The molecule has 0 atom stereocenters. The maximum atomic E-state index is 12.6. The SMILES string of the molecule is Cc1nc2c(C3CC3)c(NC(=O)Nc3cc(C)c4ncnn4c3)cnc2s1. The molecule has 1 fully saturated rings. The van der Waals surface area contributed by atoms with Crippen molar-refractivity contribution in [2.24, 2.45) is 0 Å². The van der Waals surface area contributed by atoms with Crippen LogP contribution in [0.4, 0.5) is 16.2 Å². The second-order valence-electron chi connectivity index (χ2n) is 6.77. The number of anilines is 2. The van der Waals surface area contributed by atoms with E-state index in [4.69, 9.17) is 0 Å². The Morgan fingerprint density at radius 2 is 2.11 bits per heavy atom. The molecule has 1 saturated carbocycles. The van der Waals surface area contributed by atoms with Gasteiger partial charge in [0.05, 0.1) is 28.8 Å². The second-order valence-corrected chi connectivity index (χ2v) is 7.95.